The molecule has 4 aromatic rings. The Hall–Kier alpha value is -4.14. The average Bonchev–Trinajstić information content (AvgIpc) is 3.18. The summed E-state index contributed by atoms with van der Waals surface area (Å²) in [6, 6.07) is 13.9. The van der Waals surface area contributed by atoms with Crippen LogP contribution in [0.3, 0.4) is 0 Å². The lowest BCUT2D eigenvalue weighted by atomic mass is 10.0. The third-order valence-electron chi connectivity index (χ3n) is 5.76. The van der Waals surface area contributed by atoms with Crippen molar-refractivity contribution < 1.29 is 36.6 Å². The lowest BCUT2D eigenvalue weighted by Gasteiger charge is -2.18. The number of nitrogens with zero attached hydrogens (tertiary/aromatic N) is 1. The van der Waals surface area contributed by atoms with Gasteiger partial charge in [-0.05, 0) is 80.1 Å². The Labute approximate surface area is 203 Å². The van der Waals surface area contributed by atoms with Crippen molar-refractivity contribution in [3.05, 3.63) is 106 Å². The van der Waals surface area contributed by atoms with Gasteiger partial charge in [0.05, 0.1) is 16.8 Å². The fourth-order valence-electron chi connectivity index (χ4n) is 3.95. The van der Waals surface area contributed by atoms with E-state index in [-0.39, 0.29) is 29.0 Å². The van der Waals surface area contributed by atoms with Crippen LogP contribution in [0.5, 0.6) is 5.75 Å². The van der Waals surface area contributed by atoms with Crippen molar-refractivity contribution in [2.45, 2.75) is 26.6 Å². The molecule has 4 nitrogen and oxygen atoms in total. The van der Waals surface area contributed by atoms with Gasteiger partial charge in [0, 0.05) is 28.6 Å². The standard InChI is InChI=1S/C27H20F5NO3/c1-15-11-20(7-8-21(15)26(34)35)33-16(2)3-9-24(33)22-12-18(27(30,31)32)5-10-25(22)36-14-17-4-6-19(28)13-23(17)29/h3-13H,14H2,1-2H3,(H,34,35). The van der Waals surface area contributed by atoms with Gasteiger partial charge in [0.1, 0.15) is 24.0 Å². The van der Waals surface area contributed by atoms with E-state index in [2.05, 4.69) is 0 Å². The van der Waals surface area contributed by atoms with Crippen molar-refractivity contribution in [1.29, 1.82) is 0 Å². The van der Waals surface area contributed by atoms with Crippen LogP contribution in [0, 0.1) is 25.5 Å². The lowest BCUT2D eigenvalue weighted by Crippen LogP contribution is -2.08. The number of carboxylic acids is 1. The number of aromatic carboxylic acids is 1. The average molecular weight is 501 g/mol. The van der Waals surface area contributed by atoms with Gasteiger partial charge in [0.2, 0.25) is 0 Å². The van der Waals surface area contributed by atoms with Gasteiger partial charge in [-0.25, -0.2) is 13.6 Å². The third kappa shape index (κ3) is 4.95. The van der Waals surface area contributed by atoms with E-state index in [0.29, 0.717) is 28.7 Å². The first-order valence-corrected chi connectivity index (χ1v) is 10.8. The number of aromatic nitrogens is 1. The van der Waals surface area contributed by atoms with Gasteiger partial charge in [-0.2, -0.15) is 13.2 Å². The monoisotopic (exact) mass is 501 g/mol. The second kappa shape index (κ2) is 9.49. The van der Waals surface area contributed by atoms with E-state index in [9.17, 15) is 31.9 Å². The van der Waals surface area contributed by atoms with Crippen LogP contribution in [0.4, 0.5) is 22.0 Å². The maximum Gasteiger partial charge on any atom is 0.416 e. The first-order valence-electron chi connectivity index (χ1n) is 10.8. The highest BCUT2D eigenvalue weighted by molar-refractivity contribution is 5.89. The molecule has 4 rings (SSSR count). The third-order valence-corrected chi connectivity index (χ3v) is 5.76. The van der Waals surface area contributed by atoms with Crippen molar-refractivity contribution >= 4 is 5.97 Å². The van der Waals surface area contributed by atoms with Gasteiger partial charge in [-0.3, -0.25) is 0 Å². The number of halogens is 5. The summed E-state index contributed by atoms with van der Waals surface area (Å²) in [5.74, 6) is -2.63. The fourth-order valence-corrected chi connectivity index (χ4v) is 3.95. The van der Waals surface area contributed by atoms with Gasteiger partial charge < -0.3 is 14.4 Å². The molecule has 0 saturated carbocycles. The molecule has 0 aliphatic carbocycles. The molecule has 0 radical (unpaired) electrons. The predicted octanol–water partition coefficient (Wildman–Crippen LogP) is 7.34. The second-order valence-corrected chi connectivity index (χ2v) is 8.23. The Balaban J connectivity index is 1.82. The molecule has 0 aliphatic rings. The highest BCUT2D eigenvalue weighted by Gasteiger charge is 2.32. The highest BCUT2D eigenvalue weighted by Crippen LogP contribution is 2.39. The van der Waals surface area contributed by atoms with Crippen molar-refractivity contribution in [3.8, 4) is 22.7 Å². The molecule has 0 aliphatic heterocycles. The number of alkyl halides is 3. The number of ether oxygens (including phenoxy) is 1. The fraction of sp³-hybridized carbons (Fsp3) is 0.148. The quantitative estimate of drug-likeness (QED) is 0.281. The minimum Gasteiger partial charge on any atom is -0.488 e. The molecule has 0 atom stereocenters. The van der Waals surface area contributed by atoms with Gasteiger partial charge in [0.25, 0.3) is 0 Å². The first kappa shape index (κ1) is 25.0. The van der Waals surface area contributed by atoms with E-state index in [1.165, 1.54) is 12.1 Å². The number of carbonyl (C=O) groups is 1. The maximum atomic E-state index is 14.1. The van der Waals surface area contributed by atoms with Crippen molar-refractivity contribution in [3.63, 3.8) is 0 Å². The molecule has 3 aromatic carbocycles. The maximum absolute atomic E-state index is 14.1. The zero-order valence-corrected chi connectivity index (χ0v) is 19.2. The summed E-state index contributed by atoms with van der Waals surface area (Å²) in [4.78, 5) is 11.4. The number of hydrogen-bond acceptors (Lipinski definition) is 2. The van der Waals surface area contributed by atoms with Crippen LogP contribution in [0.2, 0.25) is 0 Å². The molecule has 0 spiro atoms. The van der Waals surface area contributed by atoms with E-state index in [4.69, 9.17) is 4.74 Å². The molecule has 1 heterocycles. The smallest absolute Gasteiger partial charge is 0.416 e. The summed E-state index contributed by atoms with van der Waals surface area (Å²) >= 11 is 0. The number of carboxylic acid groups (broad SMARTS) is 1. The zero-order valence-electron chi connectivity index (χ0n) is 19.2. The summed E-state index contributed by atoms with van der Waals surface area (Å²) in [6.45, 7) is 3.05. The summed E-state index contributed by atoms with van der Waals surface area (Å²) in [5.41, 5.74) is 1.40. The molecule has 1 aromatic heterocycles. The second-order valence-electron chi connectivity index (χ2n) is 8.23. The van der Waals surface area contributed by atoms with E-state index in [1.807, 2.05) is 0 Å². The summed E-state index contributed by atoms with van der Waals surface area (Å²) in [6.07, 6.45) is -4.62. The number of hydrogen-bond donors (Lipinski definition) is 1. The zero-order chi connectivity index (χ0) is 26.2. The Morgan fingerprint density at radius 3 is 2.33 bits per heavy atom. The molecule has 0 amide bonds. The molecule has 0 fully saturated rings. The van der Waals surface area contributed by atoms with Crippen LogP contribution in [-0.4, -0.2) is 15.6 Å². The van der Waals surface area contributed by atoms with Crippen LogP contribution in [0.1, 0.15) is 32.7 Å². The van der Waals surface area contributed by atoms with Crippen molar-refractivity contribution in [2.24, 2.45) is 0 Å². The summed E-state index contributed by atoms with van der Waals surface area (Å²) < 4.78 is 75.4. The number of rotatable bonds is 6. The topological polar surface area (TPSA) is 51.5 Å². The first-order chi connectivity index (χ1) is 17.0. The van der Waals surface area contributed by atoms with Gasteiger partial charge >= 0.3 is 12.1 Å². The Kier molecular flexibility index (Phi) is 6.58. The molecular weight excluding hydrogens is 481 g/mol. The molecule has 0 saturated heterocycles. The van der Waals surface area contributed by atoms with Gasteiger partial charge in [-0.1, -0.05) is 0 Å². The highest BCUT2D eigenvalue weighted by atomic mass is 19.4. The minimum absolute atomic E-state index is 0.0358. The molecule has 1 N–H and O–H groups in total. The summed E-state index contributed by atoms with van der Waals surface area (Å²) in [5, 5.41) is 9.33. The Morgan fingerprint density at radius 2 is 1.69 bits per heavy atom. The molecule has 36 heavy (non-hydrogen) atoms. The predicted molar refractivity (Wildman–Crippen MR) is 123 cm³/mol. The molecule has 0 unspecified atom stereocenters. The lowest BCUT2D eigenvalue weighted by molar-refractivity contribution is -0.137. The largest absolute Gasteiger partial charge is 0.488 e. The van der Waals surface area contributed by atoms with Crippen molar-refractivity contribution in [2.75, 3.05) is 0 Å². The van der Waals surface area contributed by atoms with E-state index in [0.717, 1.165) is 24.3 Å². The van der Waals surface area contributed by atoms with Crippen molar-refractivity contribution in [1.82, 2.24) is 4.57 Å². The molecular formula is C27H20F5NO3. The molecule has 9 heteroatoms. The summed E-state index contributed by atoms with van der Waals surface area (Å²) in [7, 11) is 0. The number of benzene rings is 3. The Morgan fingerprint density at radius 1 is 0.944 bits per heavy atom. The molecule has 0 bridgehead atoms. The Bertz CT molecular complexity index is 1460. The van der Waals surface area contributed by atoms with Gasteiger partial charge in [-0.15, -0.1) is 0 Å². The van der Waals surface area contributed by atoms with E-state index >= 15 is 0 Å². The normalized spacial score (nSPS) is 11.5. The van der Waals surface area contributed by atoms with E-state index < -0.39 is 29.3 Å². The molecule has 186 valence electrons. The van der Waals surface area contributed by atoms with Crippen LogP contribution in [-0.2, 0) is 12.8 Å². The van der Waals surface area contributed by atoms with Gasteiger partial charge in [0.15, 0.2) is 0 Å². The van der Waals surface area contributed by atoms with Crippen LogP contribution in [0.15, 0.2) is 66.7 Å². The van der Waals surface area contributed by atoms with Crippen LogP contribution < -0.4 is 4.74 Å². The van der Waals surface area contributed by atoms with Crippen LogP contribution >= 0.6 is 0 Å². The van der Waals surface area contributed by atoms with Crippen LogP contribution in [0.25, 0.3) is 16.9 Å². The SMILES string of the molecule is Cc1cc(-n2c(C)ccc2-c2cc(C(F)(F)F)ccc2OCc2ccc(F)cc2F)ccc1C(=O)O. The van der Waals surface area contributed by atoms with E-state index in [1.54, 1.807) is 42.7 Å². The number of aryl methyl sites for hydroxylation is 2. The minimum atomic E-state index is -4.62.